The molecule has 0 N–H and O–H groups in total. The average Bonchev–Trinajstić information content (AvgIpc) is 3.02. The molecule has 0 bridgehead atoms. The van der Waals surface area contributed by atoms with E-state index >= 15 is 0 Å². The van der Waals surface area contributed by atoms with Crippen LogP contribution in [0.3, 0.4) is 0 Å². The fourth-order valence-electron chi connectivity index (χ4n) is 2.24. The molecule has 5 heteroatoms. The van der Waals surface area contributed by atoms with E-state index in [0.717, 1.165) is 36.2 Å². The van der Waals surface area contributed by atoms with Crippen LogP contribution in [0.25, 0.3) is 0 Å². The molecule has 3 rings (SSSR count). The molecule has 0 aliphatic carbocycles. The molecule has 96 valence electrons. The number of ether oxygens (including phenoxy) is 1. The van der Waals surface area contributed by atoms with Gasteiger partial charge in [0.1, 0.15) is 5.76 Å². The van der Waals surface area contributed by atoms with Gasteiger partial charge in [-0.25, -0.2) is 4.98 Å². The Bertz CT molecular complexity index is 495. The van der Waals surface area contributed by atoms with Crippen molar-refractivity contribution in [2.45, 2.75) is 19.5 Å². The number of rotatable bonds is 3. The van der Waals surface area contributed by atoms with Crippen molar-refractivity contribution in [2.24, 2.45) is 0 Å². The van der Waals surface area contributed by atoms with Crippen LogP contribution in [0.1, 0.15) is 22.5 Å². The molecule has 3 heterocycles. The first-order valence-corrected chi connectivity index (χ1v) is 6.97. The highest BCUT2D eigenvalue weighted by Gasteiger charge is 2.27. The molecule has 0 saturated carbocycles. The number of thiazole rings is 1. The molecular weight excluding hydrogens is 248 g/mol. The van der Waals surface area contributed by atoms with Gasteiger partial charge in [0, 0.05) is 11.9 Å². The minimum absolute atomic E-state index is 0.244. The van der Waals surface area contributed by atoms with Gasteiger partial charge in [0.05, 0.1) is 42.8 Å². The number of nitrogens with zero attached hydrogens (tertiary/aromatic N) is 2. The number of aromatic nitrogens is 1. The summed E-state index contributed by atoms with van der Waals surface area (Å²) in [6.45, 7) is 5.26. The van der Waals surface area contributed by atoms with Crippen molar-refractivity contribution in [3.8, 4) is 0 Å². The van der Waals surface area contributed by atoms with Gasteiger partial charge < -0.3 is 9.15 Å². The van der Waals surface area contributed by atoms with E-state index in [-0.39, 0.29) is 6.04 Å². The Kier molecular flexibility index (Phi) is 3.45. The van der Waals surface area contributed by atoms with E-state index in [4.69, 9.17) is 9.15 Å². The lowest BCUT2D eigenvalue weighted by Crippen LogP contribution is -2.39. The third-order valence-corrected chi connectivity index (χ3v) is 3.95. The Morgan fingerprint density at radius 3 is 3.22 bits per heavy atom. The minimum Gasteiger partial charge on any atom is -0.468 e. The molecule has 1 saturated heterocycles. The minimum atomic E-state index is 0.244. The lowest BCUT2D eigenvalue weighted by Gasteiger charge is -2.33. The SMILES string of the molecule is Cc1nc([C@H]2COCCN2Cc2ccco2)cs1. The standard InChI is InChI=1S/C13H16N2O2S/c1-10-14-12(9-18-10)13-8-16-6-4-15(13)7-11-3-2-5-17-11/h2-3,5,9,13H,4,6-8H2,1H3/t13-/m1/s1. The molecule has 1 aliphatic rings. The summed E-state index contributed by atoms with van der Waals surface area (Å²) >= 11 is 1.69. The molecule has 18 heavy (non-hydrogen) atoms. The van der Waals surface area contributed by atoms with Gasteiger partial charge in [0.2, 0.25) is 0 Å². The summed E-state index contributed by atoms with van der Waals surface area (Å²) < 4.78 is 11.0. The second-order valence-electron chi connectivity index (χ2n) is 4.43. The number of aryl methyl sites for hydroxylation is 1. The molecule has 4 nitrogen and oxygen atoms in total. The van der Waals surface area contributed by atoms with E-state index in [1.54, 1.807) is 17.6 Å². The Morgan fingerprint density at radius 1 is 1.56 bits per heavy atom. The smallest absolute Gasteiger partial charge is 0.117 e. The summed E-state index contributed by atoms with van der Waals surface area (Å²) in [5.41, 5.74) is 1.11. The van der Waals surface area contributed by atoms with Crippen LogP contribution in [-0.2, 0) is 11.3 Å². The number of hydrogen-bond donors (Lipinski definition) is 0. The molecule has 0 aromatic carbocycles. The van der Waals surface area contributed by atoms with Crippen molar-refractivity contribution >= 4 is 11.3 Å². The molecule has 1 fully saturated rings. The van der Waals surface area contributed by atoms with Gasteiger partial charge in [-0.2, -0.15) is 0 Å². The second kappa shape index (κ2) is 5.22. The van der Waals surface area contributed by atoms with Crippen molar-refractivity contribution in [3.63, 3.8) is 0 Å². The fourth-order valence-corrected chi connectivity index (χ4v) is 2.89. The Morgan fingerprint density at radius 2 is 2.50 bits per heavy atom. The molecule has 2 aromatic heterocycles. The largest absolute Gasteiger partial charge is 0.468 e. The van der Waals surface area contributed by atoms with Gasteiger partial charge in [0.15, 0.2) is 0 Å². The molecule has 0 radical (unpaired) electrons. The fraction of sp³-hybridized carbons (Fsp3) is 0.462. The van der Waals surface area contributed by atoms with Gasteiger partial charge in [-0.1, -0.05) is 0 Å². The normalized spacial score (nSPS) is 21.3. The van der Waals surface area contributed by atoms with Crippen molar-refractivity contribution in [3.05, 3.63) is 40.2 Å². The maximum absolute atomic E-state index is 5.59. The zero-order chi connectivity index (χ0) is 12.4. The molecule has 0 amide bonds. The highest BCUT2D eigenvalue weighted by Crippen LogP contribution is 2.26. The predicted octanol–water partition coefficient (Wildman–Crippen LogP) is 2.62. The topological polar surface area (TPSA) is 38.5 Å². The molecule has 1 atom stereocenters. The average molecular weight is 264 g/mol. The van der Waals surface area contributed by atoms with Gasteiger partial charge in [-0.05, 0) is 19.1 Å². The second-order valence-corrected chi connectivity index (χ2v) is 5.49. The summed E-state index contributed by atoms with van der Waals surface area (Å²) in [7, 11) is 0. The van der Waals surface area contributed by atoms with Crippen LogP contribution >= 0.6 is 11.3 Å². The Hall–Kier alpha value is -1.17. The summed E-state index contributed by atoms with van der Waals surface area (Å²) in [5.74, 6) is 0.994. The van der Waals surface area contributed by atoms with E-state index in [1.807, 2.05) is 19.1 Å². The van der Waals surface area contributed by atoms with Crippen LogP contribution in [0.5, 0.6) is 0 Å². The van der Waals surface area contributed by atoms with E-state index in [1.165, 1.54) is 0 Å². The van der Waals surface area contributed by atoms with Crippen LogP contribution in [0, 0.1) is 6.92 Å². The van der Waals surface area contributed by atoms with Gasteiger partial charge >= 0.3 is 0 Å². The van der Waals surface area contributed by atoms with E-state index in [9.17, 15) is 0 Å². The van der Waals surface area contributed by atoms with E-state index < -0.39 is 0 Å². The number of furan rings is 1. The lowest BCUT2D eigenvalue weighted by molar-refractivity contribution is -0.0167. The van der Waals surface area contributed by atoms with E-state index in [0.29, 0.717) is 6.61 Å². The van der Waals surface area contributed by atoms with Crippen molar-refractivity contribution in [2.75, 3.05) is 19.8 Å². The Balaban J connectivity index is 1.77. The summed E-state index contributed by atoms with van der Waals surface area (Å²) in [6, 6.07) is 4.19. The number of morpholine rings is 1. The third-order valence-electron chi connectivity index (χ3n) is 3.16. The molecule has 0 spiro atoms. The predicted molar refractivity (Wildman–Crippen MR) is 69.5 cm³/mol. The first kappa shape index (κ1) is 11.9. The summed E-state index contributed by atoms with van der Waals surface area (Å²) in [4.78, 5) is 6.95. The molecule has 1 aliphatic heterocycles. The maximum Gasteiger partial charge on any atom is 0.117 e. The maximum atomic E-state index is 5.59. The van der Waals surface area contributed by atoms with Crippen LogP contribution in [-0.4, -0.2) is 29.6 Å². The zero-order valence-corrected chi connectivity index (χ0v) is 11.2. The molecule has 2 aromatic rings. The first-order chi connectivity index (χ1) is 8.83. The lowest BCUT2D eigenvalue weighted by atomic mass is 10.1. The Labute approximate surface area is 110 Å². The van der Waals surface area contributed by atoms with Gasteiger partial charge in [-0.3, -0.25) is 4.90 Å². The third kappa shape index (κ3) is 2.48. The summed E-state index contributed by atoms with van der Waals surface area (Å²) in [6.07, 6.45) is 1.72. The van der Waals surface area contributed by atoms with Crippen LogP contribution in [0.2, 0.25) is 0 Å². The highest BCUT2D eigenvalue weighted by atomic mass is 32.1. The van der Waals surface area contributed by atoms with Crippen LogP contribution < -0.4 is 0 Å². The van der Waals surface area contributed by atoms with Crippen molar-refractivity contribution in [1.82, 2.24) is 9.88 Å². The van der Waals surface area contributed by atoms with Gasteiger partial charge in [0.25, 0.3) is 0 Å². The number of hydrogen-bond acceptors (Lipinski definition) is 5. The molecular formula is C13H16N2O2S. The monoisotopic (exact) mass is 264 g/mol. The van der Waals surface area contributed by atoms with Crippen molar-refractivity contribution < 1.29 is 9.15 Å². The first-order valence-electron chi connectivity index (χ1n) is 6.09. The van der Waals surface area contributed by atoms with Gasteiger partial charge in [-0.15, -0.1) is 11.3 Å². The molecule has 0 unspecified atom stereocenters. The quantitative estimate of drug-likeness (QED) is 0.854. The zero-order valence-electron chi connectivity index (χ0n) is 10.3. The van der Waals surface area contributed by atoms with Crippen LogP contribution in [0.15, 0.2) is 28.2 Å². The van der Waals surface area contributed by atoms with E-state index in [2.05, 4.69) is 15.3 Å². The highest BCUT2D eigenvalue weighted by molar-refractivity contribution is 7.09. The van der Waals surface area contributed by atoms with Crippen LogP contribution in [0.4, 0.5) is 0 Å². The van der Waals surface area contributed by atoms with Crippen molar-refractivity contribution in [1.29, 1.82) is 0 Å². The summed E-state index contributed by atoms with van der Waals surface area (Å²) in [5, 5.41) is 3.23.